The molecule has 5 nitrogen and oxygen atoms in total. The fourth-order valence-electron chi connectivity index (χ4n) is 2.08. The van der Waals surface area contributed by atoms with Crippen LogP contribution in [0.4, 0.5) is 0 Å². The lowest BCUT2D eigenvalue weighted by atomic mass is 10.3. The van der Waals surface area contributed by atoms with Gasteiger partial charge in [-0.05, 0) is 12.5 Å². The molecule has 2 rings (SSSR count). The Balaban J connectivity index is 1.86. The molecule has 0 aliphatic carbocycles. The van der Waals surface area contributed by atoms with E-state index in [-0.39, 0.29) is 0 Å². The molecule has 19 heavy (non-hydrogen) atoms. The van der Waals surface area contributed by atoms with Crippen LogP contribution in [0.1, 0.15) is 24.0 Å². The van der Waals surface area contributed by atoms with Crippen LogP contribution in [0, 0.1) is 0 Å². The number of aryl methyl sites for hydroxylation is 3. The molecule has 0 amide bonds. The molecular weight excluding hydrogens is 262 g/mol. The van der Waals surface area contributed by atoms with E-state index in [4.69, 9.17) is 11.6 Å². The monoisotopic (exact) mass is 281 g/mol. The van der Waals surface area contributed by atoms with Crippen LogP contribution >= 0.6 is 11.6 Å². The molecule has 2 aromatic heterocycles. The van der Waals surface area contributed by atoms with Crippen LogP contribution in [0.15, 0.2) is 12.3 Å². The molecule has 0 bridgehead atoms. The van der Waals surface area contributed by atoms with Crippen molar-refractivity contribution in [2.75, 3.05) is 6.54 Å². The second-order valence-corrected chi connectivity index (χ2v) is 4.94. The highest BCUT2D eigenvalue weighted by Gasteiger charge is 2.12. The second kappa shape index (κ2) is 6.21. The van der Waals surface area contributed by atoms with Crippen LogP contribution in [-0.4, -0.2) is 26.1 Å². The van der Waals surface area contributed by atoms with Gasteiger partial charge in [-0.15, -0.1) is 0 Å². The van der Waals surface area contributed by atoms with Gasteiger partial charge in [0.2, 0.25) is 0 Å². The lowest BCUT2D eigenvalue weighted by Gasteiger charge is -2.06. The molecule has 2 aromatic rings. The number of nitrogens with one attached hydrogen (secondary N) is 1. The van der Waals surface area contributed by atoms with Crippen molar-refractivity contribution in [1.29, 1.82) is 0 Å². The zero-order valence-corrected chi connectivity index (χ0v) is 12.4. The van der Waals surface area contributed by atoms with Gasteiger partial charge in [0, 0.05) is 45.5 Å². The normalized spacial score (nSPS) is 11.2. The highest BCUT2D eigenvalue weighted by Crippen LogP contribution is 2.20. The van der Waals surface area contributed by atoms with E-state index in [1.165, 1.54) is 5.69 Å². The van der Waals surface area contributed by atoms with Gasteiger partial charge in [0.05, 0.1) is 16.4 Å². The van der Waals surface area contributed by atoms with E-state index in [1.54, 1.807) is 0 Å². The number of aromatic nitrogens is 4. The average Bonchev–Trinajstić information content (AvgIpc) is 2.91. The molecule has 2 heterocycles. The predicted octanol–water partition coefficient (Wildman–Crippen LogP) is 1.70. The Kier molecular flexibility index (Phi) is 4.61. The molecule has 0 saturated carbocycles. The third-order valence-corrected chi connectivity index (χ3v) is 3.71. The van der Waals surface area contributed by atoms with E-state index < -0.39 is 0 Å². The second-order valence-electron chi connectivity index (χ2n) is 4.56. The van der Waals surface area contributed by atoms with Crippen molar-refractivity contribution in [3.05, 3.63) is 34.4 Å². The van der Waals surface area contributed by atoms with Gasteiger partial charge in [-0.2, -0.15) is 10.2 Å². The molecule has 1 N–H and O–H groups in total. The Morgan fingerprint density at radius 1 is 1.32 bits per heavy atom. The summed E-state index contributed by atoms with van der Waals surface area (Å²) in [6.07, 6.45) is 3.63. The van der Waals surface area contributed by atoms with Crippen LogP contribution in [0.5, 0.6) is 0 Å². The summed E-state index contributed by atoms with van der Waals surface area (Å²) < 4.78 is 3.76. The Labute approximate surface area is 118 Å². The minimum Gasteiger partial charge on any atom is -0.311 e. The third-order valence-electron chi connectivity index (χ3n) is 3.28. The predicted molar refractivity (Wildman–Crippen MR) is 76.2 cm³/mol. The first-order chi connectivity index (χ1) is 9.13. The highest BCUT2D eigenvalue weighted by atomic mass is 35.5. The third kappa shape index (κ3) is 3.16. The largest absolute Gasteiger partial charge is 0.311 e. The fourth-order valence-corrected chi connectivity index (χ4v) is 2.44. The van der Waals surface area contributed by atoms with Crippen molar-refractivity contribution >= 4 is 11.6 Å². The Hall–Kier alpha value is -1.33. The molecule has 0 fully saturated rings. The van der Waals surface area contributed by atoms with Gasteiger partial charge in [-0.1, -0.05) is 18.5 Å². The fraction of sp³-hybridized carbons (Fsp3) is 0.538. The smallest absolute Gasteiger partial charge is 0.0863 e. The van der Waals surface area contributed by atoms with E-state index in [0.29, 0.717) is 0 Å². The summed E-state index contributed by atoms with van der Waals surface area (Å²) in [4.78, 5) is 0. The molecule has 0 aliphatic heterocycles. The lowest BCUT2D eigenvalue weighted by Crippen LogP contribution is -2.19. The highest BCUT2D eigenvalue weighted by molar-refractivity contribution is 6.31. The van der Waals surface area contributed by atoms with E-state index in [0.717, 1.165) is 42.3 Å². The first-order valence-electron chi connectivity index (χ1n) is 6.51. The van der Waals surface area contributed by atoms with Crippen molar-refractivity contribution in [1.82, 2.24) is 24.9 Å². The maximum atomic E-state index is 6.30. The number of rotatable bonds is 6. The summed E-state index contributed by atoms with van der Waals surface area (Å²) >= 11 is 6.30. The van der Waals surface area contributed by atoms with E-state index in [9.17, 15) is 0 Å². The van der Waals surface area contributed by atoms with E-state index in [1.807, 2.05) is 35.7 Å². The summed E-state index contributed by atoms with van der Waals surface area (Å²) in [5, 5.41) is 12.7. The van der Waals surface area contributed by atoms with Gasteiger partial charge in [0.1, 0.15) is 0 Å². The van der Waals surface area contributed by atoms with Gasteiger partial charge in [-0.3, -0.25) is 9.36 Å². The molecular formula is C13H20ClN5. The Bertz CT molecular complexity index is 543. The summed E-state index contributed by atoms with van der Waals surface area (Å²) in [5.41, 5.74) is 3.23. The molecule has 0 radical (unpaired) electrons. The van der Waals surface area contributed by atoms with Crippen molar-refractivity contribution in [3.8, 4) is 0 Å². The zero-order valence-electron chi connectivity index (χ0n) is 11.6. The number of hydrogen-bond donors (Lipinski definition) is 1. The van der Waals surface area contributed by atoms with Crippen molar-refractivity contribution in [3.63, 3.8) is 0 Å². The topological polar surface area (TPSA) is 47.7 Å². The lowest BCUT2D eigenvalue weighted by molar-refractivity contribution is 0.607. The molecule has 0 spiro atoms. The minimum absolute atomic E-state index is 0.736. The number of hydrogen-bond acceptors (Lipinski definition) is 3. The average molecular weight is 282 g/mol. The quantitative estimate of drug-likeness (QED) is 0.820. The standard InChI is InChI=1S/C13H20ClN5/c1-4-11-13(14)12(19(3)17-11)9-15-7-5-10-6-8-16-18(10)2/h6,8,15H,4-5,7,9H2,1-3H3. The van der Waals surface area contributed by atoms with E-state index >= 15 is 0 Å². The van der Waals surface area contributed by atoms with E-state index in [2.05, 4.69) is 22.4 Å². The van der Waals surface area contributed by atoms with Gasteiger partial charge < -0.3 is 5.32 Å². The summed E-state index contributed by atoms with van der Waals surface area (Å²) in [7, 11) is 3.89. The van der Waals surface area contributed by atoms with Gasteiger partial charge >= 0.3 is 0 Å². The van der Waals surface area contributed by atoms with Crippen LogP contribution < -0.4 is 5.32 Å². The minimum atomic E-state index is 0.736. The molecule has 6 heteroatoms. The number of halogens is 1. The number of nitrogens with zero attached hydrogens (tertiary/aromatic N) is 4. The van der Waals surface area contributed by atoms with Crippen molar-refractivity contribution < 1.29 is 0 Å². The van der Waals surface area contributed by atoms with Crippen LogP contribution in [-0.2, 0) is 33.5 Å². The molecule has 0 aromatic carbocycles. The first kappa shape index (κ1) is 14.1. The maximum absolute atomic E-state index is 6.30. The molecule has 104 valence electrons. The van der Waals surface area contributed by atoms with Gasteiger partial charge in [0.25, 0.3) is 0 Å². The summed E-state index contributed by atoms with van der Waals surface area (Å²) in [6, 6.07) is 2.04. The summed E-state index contributed by atoms with van der Waals surface area (Å²) in [5.74, 6) is 0. The SMILES string of the molecule is CCc1nn(C)c(CNCCc2ccnn2C)c1Cl. The molecule has 0 unspecified atom stereocenters. The van der Waals surface area contributed by atoms with Crippen molar-refractivity contribution in [2.45, 2.75) is 26.3 Å². The molecule has 0 saturated heterocycles. The van der Waals surface area contributed by atoms with Crippen LogP contribution in [0.2, 0.25) is 5.02 Å². The first-order valence-corrected chi connectivity index (χ1v) is 6.89. The van der Waals surface area contributed by atoms with Crippen LogP contribution in [0.3, 0.4) is 0 Å². The van der Waals surface area contributed by atoms with Gasteiger partial charge in [-0.25, -0.2) is 0 Å². The maximum Gasteiger partial charge on any atom is 0.0863 e. The Morgan fingerprint density at radius 3 is 2.68 bits per heavy atom. The molecule has 0 atom stereocenters. The Morgan fingerprint density at radius 2 is 2.11 bits per heavy atom. The molecule has 0 aliphatic rings. The zero-order chi connectivity index (χ0) is 13.8. The summed E-state index contributed by atoms with van der Waals surface area (Å²) in [6.45, 7) is 3.69. The van der Waals surface area contributed by atoms with Crippen LogP contribution in [0.25, 0.3) is 0 Å². The van der Waals surface area contributed by atoms with Crippen molar-refractivity contribution in [2.24, 2.45) is 14.1 Å². The van der Waals surface area contributed by atoms with Gasteiger partial charge in [0.15, 0.2) is 0 Å².